The molecule has 0 radical (unpaired) electrons. The van der Waals surface area contributed by atoms with Crippen molar-refractivity contribution in [2.75, 3.05) is 20.1 Å². The fourth-order valence-corrected chi connectivity index (χ4v) is 8.72. The third kappa shape index (κ3) is 4.04. The summed E-state index contributed by atoms with van der Waals surface area (Å²) in [4.78, 5) is 50.8. The minimum absolute atomic E-state index is 0.104. The minimum atomic E-state index is -2.01. The number of hydrogen-bond acceptors (Lipinski definition) is 6. The third-order valence-corrected chi connectivity index (χ3v) is 10.9. The summed E-state index contributed by atoms with van der Waals surface area (Å²) in [5.41, 5.74) is 2.68. The Bertz CT molecular complexity index is 1570. The van der Waals surface area contributed by atoms with Crippen LogP contribution in [0.3, 0.4) is 0 Å². The Morgan fingerprint density at radius 1 is 1.26 bits per heavy atom. The molecule has 10 nitrogen and oxygen atoms in total. The van der Waals surface area contributed by atoms with Gasteiger partial charge < -0.3 is 20.3 Å². The minimum Gasteiger partial charge on any atom is -0.349 e. The zero-order valence-electron chi connectivity index (χ0n) is 25.3. The van der Waals surface area contributed by atoms with Gasteiger partial charge in [-0.2, -0.15) is 0 Å². The van der Waals surface area contributed by atoms with Crippen LogP contribution in [0.4, 0.5) is 0 Å². The Hall–Kier alpha value is -2.73. The van der Waals surface area contributed by atoms with E-state index in [1.165, 1.54) is 15.8 Å². The van der Waals surface area contributed by atoms with E-state index in [0.717, 1.165) is 34.1 Å². The SMILES string of the molecule is CC(C)C[C@@H]1C(=O)N2CCC[C@@H]2[C@]2(O)O[C@](NC(=O)[C@H]3C=C4c5cccc6[nH]c(Br)c(c56)C[C@H]4N(C)C3)(C(C)C)C(=O)N12. The first kappa shape index (κ1) is 29.0. The number of benzene rings is 1. The van der Waals surface area contributed by atoms with Gasteiger partial charge in [0.15, 0.2) is 0 Å². The highest BCUT2D eigenvalue weighted by molar-refractivity contribution is 9.10. The van der Waals surface area contributed by atoms with Crippen molar-refractivity contribution in [3.63, 3.8) is 0 Å². The first-order chi connectivity index (χ1) is 20.4. The molecule has 6 atom stereocenters. The molecule has 3 amide bonds. The molecule has 1 aromatic heterocycles. The van der Waals surface area contributed by atoms with Crippen molar-refractivity contribution < 1.29 is 24.2 Å². The molecule has 7 rings (SSSR count). The molecule has 0 saturated carbocycles. The van der Waals surface area contributed by atoms with Crippen LogP contribution in [-0.2, 0) is 25.5 Å². The highest BCUT2D eigenvalue weighted by atomic mass is 79.9. The molecule has 5 aliphatic rings. The number of carbonyl (C=O) groups excluding carboxylic acids is 3. The summed E-state index contributed by atoms with van der Waals surface area (Å²) < 4.78 is 7.43. The van der Waals surface area contributed by atoms with Crippen molar-refractivity contribution in [3.05, 3.63) is 40.0 Å². The first-order valence-corrected chi connectivity index (χ1v) is 16.3. The number of hydrogen-bond donors (Lipinski definition) is 3. The van der Waals surface area contributed by atoms with Crippen LogP contribution in [0.15, 0.2) is 28.9 Å². The van der Waals surface area contributed by atoms with Gasteiger partial charge in [0, 0.05) is 36.0 Å². The predicted octanol–water partition coefficient (Wildman–Crippen LogP) is 3.19. The van der Waals surface area contributed by atoms with Crippen molar-refractivity contribution >= 4 is 50.1 Å². The Kier molecular flexibility index (Phi) is 6.67. The maximum Gasteiger partial charge on any atom is 0.281 e. The van der Waals surface area contributed by atoms with Crippen molar-refractivity contribution in [1.29, 1.82) is 0 Å². The van der Waals surface area contributed by atoms with Crippen LogP contribution in [0, 0.1) is 17.8 Å². The van der Waals surface area contributed by atoms with Crippen LogP contribution in [-0.4, -0.2) is 92.4 Å². The largest absolute Gasteiger partial charge is 0.349 e. The normalized spacial score (nSPS) is 33.7. The van der Waals surface area contributed by atoms with Gasteiger partial charge in [0.25, 0.3) is 11.8 Å². The second-order valence-electron chi connectivity index (χ2n) is 13.7. The molecular formula is C32H40BrN5O5. The van der Waals surface area contributed by atoms with Crippen LogP contribution in [0.2, 0.25) is 0 Å². The summed E-state index contributed by atoms with van der Waals surface area (Å²) in [6.07, 6.45) is 4.49. The van der Waals surface area contributed by atoms with Crippen LogP contribution in [0.1, 0.15) is 58.1 Å². The number of aliphatic hydroxyl groups is 1. The number of amides is 3. The maximum absolute atomic E-state index is 14.4. The second-order valence-corrected chi connectivity index (χ2v) is 14.5. The highest BCUT2D eigenvalue weighted by Gasteiger charge is 2.72. The molecule has 0 bridgehead atoms. The van der Waals surface area contributed by atoms with Crippen LogP contribution < -0.4 is 5.32 Å². The Balaban J connectivity index is 1.25. The lowest BCUT2D eigenvalue weighted by Crippen LogP contribution is -2.71. The zero-order chi connectivity index (χ0) is 30.6. The highest BCUT2D eigenvalue weighted by Crippen LogP contribution is 2.49. The van der Waals surface area contributed by atoms with Gasteiger partial charge in [0.1, 0.15) is 12.1 Å². The number of carbonyl (C=O) groups is 3. The number of aromatic nitrogens is 1. The number of H-pyrrole nitrogens is 1. The van der Waals surface area contributed by atoms with Crippen molar-refractivity contribution in [2.24, 2.45) is 17.8 Å². The van der Waals surface area contributed by atoms with Crippen LogP contribution >= 0.6 is 15.9 Å². The van der Waals surface area contributed by atoms with Gasteiger partial charge >= 0.3 is 0 Å². The molecule has 43 heavy (non-hydrogen) atoms. The van der Waals surface area contributed by atoms with Gasteiger partial charge in [0.05, 0.1) is 10.5 Å². The molecule has 11 heteroatoms. The lowest BCUT2D eigenvalue weighted by Gasteiger charge is -2.49. The lowest BCUT2D eigenvalue weighted by atomic mass is 9.79. The summed E-state index contributed by atoms with van der Waals surface area (Å²) in [5, 5.41) is 16.3. The van der Waals surface area contributed by atoms with Gasteiger partial charge in [-0.15, -0.1) is 0 Å². The number of rotatable bonds is 5. The van der Waals surface area contributed by atoms with E-state index in [1.54, 1.807) is 18.7 Å². The van der Waals surface area contributed by atoms with Crippen molar-refractivity contribution in [1.82, 2.24) is 25.0 Å². The number of likely N-dealkylation sites (N-methyl/N-ethyl adjacent to an activating group) is 1. The first-order valence-electron chi connectivity index (χ1n) is 15.5. The molecule has 3 fully saturated rings. The van der Waals surface area contributed by atoms with E-state index in [0.29, 0.717) is 25.9 Å². The Morgan fingerprint density at radius 2 is 2.02 bits per heavy atom. The maximum atomic E-state index is 14.4. The smallest absolute Gasteiger partial charge is 0.281 e. The van der Waals surface area contributed by atoms with Gasteiger partial charge in [-0.05, 0) is 77.3 Å². The van der Waals surface area contributed by atoms with Gasteiger partial charge in [-0.25, -0.2) is 0 Å². The summed E-state index contributed by atoms with van der Waals surface area (Å²) in [6, 6.07) is 4.76. The van der Waals surface area contributed by atoms with E-state index in [2.05, 4.69) is 43.3 Å². The summed E-state index contributed by atoms with van der Waals surface area (Å²) in [7, 11) is 2.03. The quantitative estimate of drug-likeness (QED) is 0.456. The van der Waals surface area contributed by atoms with Crippen LogP contribution in [0.25, 0.3) is 16.5 Å². The standard InChI is InChI=1S/C32H40BrN5O5/c1-16(2)12-24-29(40)37-11-7-10-25(37)32(42)38(24)30(41)31(43-32,17(3)4)35-28(39)18-13-20-19-8-6-9-22-26(19)21(27(33)34-22)14-23(20)36(5)15-18/h6,8-9,13,16-18,23-25,34,42H,7,10-12,14-15H2,1-5H3,(H,35,39)/t18-,23+,24+,25+,31+,32-/m0/s1. The lowest BCUT2D eigenvalue weighted by molar-refractivity contribution is -0.322. The predicted molar refractivity (Wildman–Crippen MR) is 164 cm³/mol. The average Bonchev–Trinajstić information content (AvgIpc) is 3.63. The van der Waals surface area contributed by atoms with Crippen LogP contribution in [0.5, 0.6) is 0 Å². The molecule has 4 aliphatic heterocycles. The van der Waals surface area contributed by atoms with E-state index in [9.17, 15) is 19.5 Å². The number of fused-ring (bicyclic) bond motifs is 5. The van der Waals surface area contributed by atoms with Gasteiger partial charge in [0.2, 0.25) is 17.5 Å². The van der Waals surface area contributed by atoms with E-state index >= 15 is 0 Å². The fourth-order valence-electron chi connectivity index (χ4n) is 8.15. The van der Waals surface area contributed by atoms with E-state index in [4.69, 9.17) is 4.74 Å². The molecule has 5 heterocycles. The van der Waals surface area contributed by atoms with E-state index in [1.807, 2.05) is 33.0 Å². The molecule has 2 aromatic rings. The zero-order valence-corrected chi connectivity index (χ0v) is 26.9. The van der Waals surface area contributed by atoms with E-state index in [-0.39, 0.29) is 23.8 Å². The Morgan fingerprint density at radius 3 is 2.74 bits per heavy atom. The van der Waals surface area contributed by atoms with Crippen molar-refractivity contribution in [2.45, 2.75) is 83.1 Å². The average molecular weight is 655 g/mol. The Labute approximate surface area is 259 Å². The van der Waals surface area contributed by atoms with Gasteiger partial charge in [-0.3, -0.25) is 28.9 Å². The molecule has 0 unspecified atom stereocenters. The van der Waals surface area contributed by atoms with Gasteiger partial charge in [-0.1, -0.05) is 45.9 Å². The molecule has 3 saturated heterocycles. The summed E-state index contributed by atoms with van der Waals surface area (Å²) in [6.45, 7) is 8.57. The topological polar surface area (TPSA) is 118 Å². The molecule has 1 aromatic carbocycles. The van der Waals surface area contributed by atoms with Crippen molar-refractivity contribution in [3.8, 4) is 0 Å². The molecule has 3 N–H and O–H groups in total. The number of ether oxygens (including phenoxy) is 1. The van der Waals surface area contributed by atoms with E-state index < -0.39 is 41.5 Å². The summed E-state index contributed by atoms with van der Waals surface area (Å²) >= 11 is 3.70. The summed E-state index contributed by atoms with van der Waals surface area (Å²) in [5.74, 6) is -4.01. The monoisotopic (exact) mass is 653 g/mol. The number of nitrogens with one attached hydrogen (secondary N) is 2. The second kappa shape index (κ2) is 9.89. The molecule has 1 aliphatic carbocycles. The third-order valence-electron chi connectivity index (χ3n) is 10.3. The number of aromatic amines is 1. The number of piperazine rings is 1. The fraction of sp³-hybridized carbons (Fsp3) is 0.594. The number of halogens is 1. The molecular weight excluding hydrogens is 614 g/mol. The molecule has 0 spiro atoms. The molecule has 230 valence electrons. The number of nitrogens with zero attached hydrogens (tertiary/aromatic N) is 3.